The Morgan fingerprint density at radius 3 is 2.52 bits per heavy atom. The van der Waals surface area contributed by atoms with Gasteiger partial charge in [-0.05, 0) is 33.9 Å². The number of aromatic nitrogens is 2. The summed E-state index contributed by atoms with van der Waals surface area (Å²) >= 11 is 0. The molecule has 1 aliphatic carbocycles. The number of halogens is 1. The number of amides is 2. The Bertz CT molecular complexity index is 833. The van der Waals surface area contributed by atoms with E-state index in [-0.39, 0.29) is 12.2 Å². The van der Waals surface area contributed by atoms with Crippen molar-refractivity contribution in [3.8, 4) is 0 Å². The maximum Gasteiger partial charge on any atom is 0.287 e. The maximum absolute atomic E-state index is 14.4. The van der Waals surface area contributed by atoms with Gasteiger partial charge in [0.15, 0.2) is 11.5 Å². The van der Waals surface area contributed by atoms with E-state index in [0.29, 0.717) is 25.9 Å². The van der Waals surface area contributed by atoms with Gasteiger partial charge in [0.2, 0.25) is 15.9 Å². The average Bonchev–Trinajstić information content (AvgIpc) is 2.93. The number of nitrogens with one attached hydrogen (secondary N) is 3. The quantitative estimate of drug-likeness (QED) is 0.468. The summed E-state index contributed by atoms with van der Waals surface area (Å²) in [4.78, 5) is 28.4. The van der Waals surface area contributed by atoms with Crippen LogP contribution in [-0.4, -0.2) is 67.3 Å². The Morgan fingerprint density at radius 1 is 1.24 bits per heavy atom. The Balaban J connectivity index is 2.03. The van der Waals surface area contributed by atoms with Crippen LogP contribution in [0.25, 0.3) is 0 Å². The van der Waals surface area contributed by atoms with Crippen LogP contribution in [0.3, 0.4) is 0 Å². The Hall–Kier alpha value is -2.05. The summed E-state index contributed by atoms with van der Waals surface area (Å²) in [5.41, 5.74) is 1.48. The highest BCUT2D eigenvalue weighted by atomic mass is 32.2. The third kappa shape index (κ3) is 6.47. The fraction of sp³-hybridized carbons (Fsp3) is 0.706. The molecule has 2 rings (SSSR count). The molecule has 1 aromatic rings. The first-order valence-corrected chi connectivity index (χ1v) is 11.1. The number of likely N-dealkylation sites (N-methyl/N-ethyl adjacent to an activating group) is 1. The molecule has 0 spiro atoms. The van der Waals surface area contributed by atoms with E-state index < -0.39 is 38.6 Å². The smallest absolute Gasteiger partial charge is 0.287 e. The molecule has 0 aliphatic heterocycles. The lowest BCUT2D eigenvalue weighted by molar-refractivity contribution is -0.121. The maximum atomic E-state index is 14.4. The number of aryl methyl sites for hydroxylation is 1. The number of carbonyl (C=O) groups excluding carboxylic acids is 2. The Kier molecular flexibility index (Phi) is 8.11. The first-order valence-electron chi connectivity index (χ1n) is 9.57. The van der Waals surface area contributed by atoms with Gasteiger partial charge in [0.25, 0.3) is 5.91 Å². The predicted molar refractivity (Wildman–Crippen MR) is 105 cm³/mol. The minimum atomic E-state index is -3.77. The molecule has 1 fully saturated rings. The van der Waals surface area contributed by atoms with Crippen LogP contribution < -0.4 is 15.6 Å². The summed E-state index contributed by atoms with van der Waals surface area (Å²) < 4.78 is 40.0. The van der Waals surface area contributed by atoms with Crippen LogP contribution in [0.15, 0.2) is 0 Å². The summed E-state index contributed by atoms with van der Waals surface area (Å²) in [6.07, 6.45) is 3.64. The Morgan fingerprint density at radius 2 is 1.90 bits per heavy atom. The zero-order valence-corrected chi connectivity index (χ0v) is 17.8. The molecule has 0 aromatic carbocycles. The van der Waals surface area contributed by atoms with E-state index >= 15 is 0 Å². The summed E-state index contributed by atoms with van der Waals surface area (Å²) in [7, 11) is -0.0538. The highest BCUT2D eigenvalue weighted by Crippen LogP contribution is 2.22. The normalized spacial score (nSPS) is 15.5. The number of sulfonamides is 1. The second-order valence-electron chi connectivity index (χ2n) is 7.42. The van der Waals surface area contributed by atoms with Crippen LogP contribution in [0, 0.1) is 12.7 Å². The number of hydrogen-bond donors (Lipinski definition) is 3. The second kappa shape index (κ2) is 10.1. The van der Waals surface area contributed by atoms with Crippen molar-refractivity contribution in [1.82, 2.24) is 30.3 Å². The van der Waals surface area contributed by atoms with Crippen molar-refractivity contribution < 1.29 is 22.4 Å². The number of hydrazine groups is 1. The molecule has 0 saturated heterocycles. The Labute approximate surface area is 170 Å². The molecule has 2 amide bonds. The van der Waals surface area contributed by atoms with Gasteiger partial charge in [0.05, 0.1) is 10.9 Å². The standard InChI is InChI=1S/C17H29FN6O4S/c1-12-15(18)16(24(21-12)11-14(25)19-9-10-23(2)3)17(26)20-22-29(27,28)13-7-5-4-6-8-13/h13,22H,4-11H2,1-3H3,(H,19,25)(H,20,26). The van der Waals surface area contributed by atoms with Gasteiger partial charge in [0, 0.05) is 13.1 Å². The molecule has 0 radical (unpaired) electrons. The lowest BCUT2D eigenvalue weighted by Gasteiger charge is -2.22. The van der Waals surface area contributed by atoms with E-state index in [1.165, 1.54) is 6.92 Å². The SMILES string of the molecule is Cc1nn(CC(=O)NCCN(C)C)c(C(=O)NNS(=O)(=O)C2CCCCC2)c1F. The van der Waals surface area contributed by atoms with E-state index in [4.69, 9.17) is 0 Å². The summed E-state index contributed by atoms with van der Waals surface area (Å²) in [6, 6.07) is 0. The second-order valence-corrected chi connectivity index (χ2v) is 9.38. The van der Waals surface area contributed by atoms with E-state index in [1.54, 1.807) is 0 Å². The number of rotatable bonds is 9. The number of hydrogen-bond acceptors (Lipinski definition) is 6. The van der Waals surface area contributed by atoms with Crippen LogP contribution in [0.5, 0.6) is 0 Å². The van der Waals surface area contributed by atoms with Gasteiger partial charge in [-0.1, -0.05) is 19.3 Å². The molecular formula is C17H29FN6O4S. The highest BCUT2D eigenvalue weighted by Gasteiger charge is 2.29. The molecule has 1 aromatic heterocycles. The van der Waals surface area contributed by atoms with E-state index in [2.05, 4.69) is 10.4 Å². The van der Waals surface area contributed by atoms with Crippen molar-refractivity contribution in [1.29, 1.82) is 0 Å². The molecule has 29 heavy (non-hydrogen) atoms. The van der Waals surface area contributed by atoms with Crippen molar-refractivity contribution in [2.75, 3.05) is 27.2 Å². The van der Waals surface area contributed by atoms with Gasteiger partial charge >= 0.3 is 0 Å². The topological polar surface area (TPSA) is 125 Å². The molecule has 12 heteroatoms. The van der Waals surface area contributed by atoms with E-state index in [9.17, 15) is 22.4 Å². The van der Waals surface area contributed by atoms with Crippen molar-refractivity contribution >= 4 is 21.8 Å². The minimum Gasteiger partial charge on any atom is -0.353 e. The molecule has 10 nitrogen and oxygen atoms in total. The molecule has 1 heterocycles. The summed E-state index contributed by atoms with van der Waals surface area (Å²) in [5, 5.41) is 5.94. The van der Waals surface area contributed by atoms with Crippen LogP contribution in [0.1, 0.15) is 48.3 Å². The van der Waals surface area contributed by atoms with Crippen molar-refractivity contribution in [3.05, 3.63) is 17.2 Å². The lowest BCUT2D eigenvalue weighted by atomic mass is 10.0. The van der Waals surface area contributed by atoms with Crippen LogP contribution in [0.4, 0.5) is 4.39 Å². The molecular weight excluding hydrogens is 403 g/mol. The zero-order chi connectivity index (χ0) is 21.6. The van der Waals surface area contributed by atoms with Crippen LogP contribution in [-0.2, 0) is 21.4 Å². The lowest BCUT2D eigenvalue weighted by Crippen LogP contribution is -2.47. The molecule has 164 valence electrons. The zero-order valence-electron chi connectivity index (χ0n) is 17.0. The summed E-state index contributed by atoms with van der Waals surface area (Å²) in [6.45, 7) is 2.00. The molecule has 0 bridgehead atoms. The minimum absolute atomic E-state index is 0.0635. The van der Waals surface area contributed by atoms with Crippen LogP contribution in [0.2, 0.25) is 0 Å². The van der Waals surface area contributed by atoms with Gasteiger partial charge < -0.3 is 10.2 Å². The molecule has 0 atom stereocenters. The van der Waals surface area contributed by atoms with Crippen molar-refractivity contribution in [2.45, 2.75) is 50.8 Å². The van der Waals surface area contributed by atoms with Gasteiger partial charge in [-0.25, -0.2) is 17.5 Å². The van der Waals surface area contributed by atoms with Gasteiger partial charge in [-0.15, -0.1) is 4.83 Å². The molecule has 1 aliphatic rings. The average molecular weight is 433 g/mol. The third-order valence-electron chi connectivity index (χ3n) is 4.74. The van der Waals surface area contributed by atoms with Gasteiger partial charge in [-0.2, -0.15) is 5.10 Å². The number of nitrogens with zero attached hydrogens (tertiary/aromatic N) is 3. The highest BCUT2D eigenvalue weighted by molar-refractivity contribution is 7.90. The van der Waals surface area contributed by atoms with Gasteiger partial charge in [0.1, 0.15) is 6.54 Å². The van der Waals surface area contributed by atoms with Crippen molar-refractivity contribution in [3.63, 3.8) is 0 Å². The van der Waals surface area contributed by atoms with Crippen molar-refractivity contribution in [2.24, 2.45) is 0 Å². The van der Waals surface area contributed by atoms with Crippen LogP contribution >= 0.6 is 0 Å². The van der Waals surface area contributed by atoms with E-state index in [1.807, 2.05) is 29.3 Å². The monoisotopic (exact) mass is 432 g/mol. The fourth-order valence-electron chi connectivity index (χ4n) is 3.14. The van der Waals surface area contributed by atoms with Gasteiger partial charge in [-0.3, -0.25) is 15.0 Å². The predicted octanol–water partition coefficient (Wildman–Crippen LogP) is -0.0947. The first kappa shape index (κ1) is 23.2. The molecule has 3 N–H and O–H groups in total. The third-order valence-corrected chi connectivity index (χ3v) is 6.48. The van der Waals surface area contributed by atoms with E-state index in [0.717, 1.165) is 23.9 Å². The summed E-state index contributed by atoms with van der Waals surface area (Å²) in [5.74, 6) is -2.35. The molecule has 1 saturated carbocycles. The number of carbonyl (C=O) groups is 2. The first-order chi connectivity index (χ1) is 13.6. The fourth-order valence-corrected chi connectivity index (χ4v) is 4.49. The molecule has 0 unspecified atom stereocenters. The largest absolute Gasteiger partial charge is 0.353 e.